The molecule has 20 heavy (non-hydrogen) atoms. The van der Waals surface area contributed by atoms with Crippen molar-refractivity contribution < 1.29 is 4.52 Å². The molecule has 1 rings (SSSR count). The van der Waals surface area contributed by atoms with Crippen LogP contribution in [0, 0.1) is 6.92 Å². The van der Waals surface area contributed by atoms with Crippen molar-refractivity contribution in [2.45, 2.75) is 46.5 Å². The van der Waals surface area contributed by atoms with Crippen LogP contribution >= 0.6 is 7.07 Å². The van der Waals surface area contributed by atoms with E-state index in [1.54, 1.807) is 12.4 Å². The fraction of sp³-hybridized carbons (Fsp3) is 0.500. The molecule has 0 amide bonds. The Morgan fingerprint density at radius 1 is 1.50 bits per heavy atom. The average molecular weight is 313 g/mol. The van der Waals surface area contributed by atoms with E-state index in [0.29, 0.717) is 0 Å². The van der Waals surface area contributed by atoms with Crippen LogP contribution in [0.2, 0.25) is 0 Å². The van der Waals surface area contributed by atoms with Crippen molar-refractivity contribution in [3.05, 3.63) is 35.4 Å². The van der Waals surface area contributed by atoms with Gasteiger partial charge in [-0.25, -0.2) is 0 Å². The lowest BCUT2D eigenvalue weighted by atomic mass is 10.1. The molecule has 0 aliphatic carbocycles. The normalized spacial score (nSPS) is 13.6. The fourth-order valence-corrected chi connectivity index (χ4v) is 3.41. The van der Waals surface area contributed by atoms with Gasteiger partial charge in [-0.3, -0.25) is 4.98 Å². The van der Waals surface area contributed by atoms with Gasteiger partial charge in [0.1, 0.15) is 5.75 Å². The number of allylic oxidation sites excluding steroid dienone is 2. The summed E-state index contributed by atoms with van der Waals surface area (Å²) >= 11 is 5.40. The van der Waals surface area contributed by atoms with Gasteiger partial charge in [-0.15, -0.1) is 0 Å². The standard InChI is InChI=1S/C14H24N3OPS/c1-4-6-7-12(15)13(5-2)17-19(20)18-14-10-16-9-8-11(14)3/h8-10,19H,4-7,15H2,1-3H3,(H,17,20)/b13-12+. The molecule has 3 N–H and O–H groups in total. The van der Waals surface area contributed by atoms with Crippen molar-refractivity contribution in [1.82, 2.24) is 10.1 Å². The van der Waals surface area contributed by atoms with Crippen LogP contribution in [-0.4, -0.2) is 4.98 Å². The fourth-order valence-electron chi connectivity index (χ4n) is 1.72. The van der Waals surface area contributed by atoms with Gasteiger partial charge >= 0.3 is 0 Å². The molecule has 0 radical (unpaired) electrons. The molecule has 0 aliphatic heterocycles. The number of aryl methyl sites for hydroxylation is 1. The average Bonchev–Trinajstić information content (AvgIpc) is 2.44. The van der Waals surface area contributed by atoms with Crippen LogP contribution < -0.4 is 15.3 Å². The number of hydrogen-bond acceptors (Lipinski definition) is 4. The molecule has 0 aromatic carbocycles. The van der Waals surface area contributed by atoms with Crippen molar-refractivity contribution in [3.63, 3.8) is 0 Å². The first-order chi connectivity index (χ1) is 9.58. The Morgan fingerprint density at radius 3 is 2.85 bits per heavy atom. The Hall–Kier alpha value is -1.06. The van der Waals surface area contributed by atoms with Gasteiger partial charge in [-0.1, -0.05) is 20.3 Å². The zero-order valence-corrected chi connectivity index (χ0v) is 14.2. The third kappa shape index (κ3) is 5.51. The maximum atomic E-state index is 6.11. The molecule has 1 unspecified atom stereocenters. The van der Waals surface area contributed by atoms with Gasteiger partial charge in [-0.05, 0) is 49.6 Å². The Bertz CT molecular complexity index is 491. The minimum absolute atomic E-state index is 0.742. The van der Waals surface area contributed by atoms with E-state index >= 15 is 0 Å². The summed E-state index contributed by atoms with van der Waals surface area (Å²) in [4.78, 5) is 4.05. The summed E-state index contributed by atoms with van der Waals surface area (Å²) in [7, 11) is -1.59. The van der Waals surface area contributed by atoms with Crippen LogP contribution in [0.25, 0.3) is 0 Å². The minimum Gasteiger partial charge on any atom is -0.449 e. The molecular weight excluding hydrogens is 289 g/mol. The second-order valence-corrected chi connectivity index (χ2v) is 6.76. The third-order valence-electron chi connectivity index (χ3n) is 2.99. The highest BCUT2D eigenvalue weighted by atomic mass is 32.4. The van der Waals surface area contributed by atoms with E-state index in [1.165, 1.54) is 0 Å². The number of hydrogen-bond donors (Lipinski definition) is 2. The molecule has 112 valence electrons. The maximum absolute atomic E-state index is 6.11. The number of aromatic nitrogens is 1. The van der Waals surface area contributed by atoms with E-state index in [-0.39, 0.29) is 0 Å². The van der Waals surface area contributed by atoms with E-state index in [4.69, 9.17) is 22.1 Å². The van der Waals surface area contributed by atoms with Crippen LogP contribution in [0.1, 0.15) is 45.1 Å². The minimum atomic E-state index is -1.59. The number of unbranched alkanes of at least 4 members (excludes halogenated alkanes) is 1. The van der Waals surface area contributed by atoms with Gasteiger partial charge in [0.15, 0.2) is 7.07 Å². The second kappa shape index (κ2) is 8.98. The Balaban J connectivity index is 2.66. The molecule has 0 saturated carbocycles. The van der Waals surface area contributed by atoms with Crippen LogP contribution in [0.5, 0.6) is 5.75 Å². The molecule has 6 heteroatoms. The summed E-state index contributed by atoms with van der Waals surface area (Å²) in [5.74, 6) is 0.742. The second-order valence-electron chi connectivity index (χ2n) is 4.62. The van der Waals surface area contributed by atoms with Gasteiger partial charge in [0, 0.05) is 17.6 Å². The molecule has 1 aromatic rings. The summed E-state index contributed by atoms with van der Waals surface area (Å²) in [5.41, 5.74) is 9.06. The Labute approximate surface area is 127 Å². The van der Waals surface area contributed by atoms with Crippen molar-refractivity contribution in [2.75, 3.05) is 0 Å². The predicted octanol–water partition coefficient (Wildman–Crippen LogP) is 3.64. The lowest BCUT2D eigenvalue weighted by Gasteiger charge is -2.16. The number of nitrogens with one attached hydrogen (secondary N) is 1. The van der Waals surface area contributed by atoms with Crippen LogP contribution in [-0.2, 0) is 11.8 Å². The quantitative estimate of drug-likeness (QED) is 0.718. The van der Waals surface area contributed by atoms with Crippen molar-refractivity contribution >= 4 is 18.9 Å². The Kier molecular flexibility index (Phi) is 7.63. The topological polar surface area (TPSA) is 60.2 Å². The first kappa shape index (κ1) is 17.0. The highest BCUT2D eigenvalue weighted by Crippen LogP contribution is 2.28. The van der Waals surface area contributed by atoms with E-state index in [0.717, 1.165) is 48.4 Å². The number of nitrogens with zero attached hydrogens (tertiary/aromatic N) is 1. The van der Waals surface area contributed by atoms with Crippen LogP contribution in [0.4, 0.5) is 0 Å². The summed E-state index contributed by atoms with van der Waals surface area (Å²) in [6.07, 6.45) is 7.42. The lowest BCUT2D eigenvalue weighted by molar-refractivity contribution is 0.609. The molecule has 0 aliphatic rings. The monoisotopic (exact) mass is 313 g/mol. The SMILES string of the molecule is CCCC/C(N)=C(/CC)N[PH](=S)Oc1cnccc1C. The van der Waals surface area contributed by atoms with Crippen molar-refractivity contribution in [2.24, 2.45) is 5.73 Å². The van der Waals surface area contributed by atoms with Crippen LogP contribution in [0.15, 0.2) is 29.9 Å². The van der Waals surface area contributed by atoms with E-state index in [1.807, 2.05) is 13.0 Å². The van der Waals surface area contributed by atoms with Crippen molar-refractivity contribution in [1.29, 1.82) is 0 Å². The first-order valence-electron chi connectivity index (χ1n) is 6.95. The van der Waals surface area contributed by atoms with E-state index < -0.39 is 7.07 Å². The zero-order valence-electron chi connectivity index (χ0n) is 12.4. The summed E-state index contributed by atoms with van der Waals surface area (Å²) in [5, 5.41) is 3.27. The molecule has 0 bridgehead atoms. The maximum Gasteiger partial charge on any atom is 0.190 e. The lowest BCUT2D eigenvalue weighted by Crippen LogP contribution is -2.13. The summed E-state index contributed by atoms with van der Waals surface area (Å²) in [6, 6.07) is 1.91. The highest BCUT2D eigenvalue weighted by molar-refractivity contribution is 8.02. The van der Waals surface area contributed by atoms with Crippen LogP contribution in [0.3, 0.4) is 0 Å². The number of pyridine rings is 1. The molecule has 1 atom stereocenters. The van der Waals surface area contributed by atoms with E-state index in [2.05, 4.69) is 23.9 Å². The molecule has 4 nitrogen and oxygen atoms in total. The Morgan fingerprint density at radius 2 is 2.25 bits per heavy atom. The third-order valence-corrected chi connectivity index (χ3v) is 4.45. The molecule has 0 saturated heterocycles. The molecule has 1 heterocycles. The smallest absolute Gasteiger partial charge is 0.190 e. The molecule has 0 fully saturated rings. The van der Waals surface area contributed by atoms with Gasteiger partial charge in [-0.2, -0.15) is 0 Å². The number of rotatable bonds is 8. The van der Waals surface area contributed by atoms with Gasteiger partial charge < -0.3 is 15.3 Å². The summed E-state index contributed by atoms with van der Waals surface area (Å²) < 4.78 is 5.79. The van der Waals surface area contributed by atoms with Crippen molar-refractivity contribution in [3.8, 4) is 5.75 Å². The highest BCUT2D eigenvalue weighted by Gasteiger charge is 2.06. The zero-order chi connectivity index (χ0) is 15.0. The van der Waals surface area contributed by atoms with E-state index in [9.17, 15) is 0 Å². The number of nitrogens with two attached hydrogens (primary N) is 1. The first-order valence-corrected chi connectivity index (χ1v) is 9.49. The summed E-state index contributed by atoms with van der Waals surface area (Å²) in [6.45, 7) is 6.21. The molecule has 0 spiro atoms. The molecule has 1 aromatic heterocycles. The molecular formula is C14H24N3OPS. The van der Waals surface area contributed by atoms with Gasteiger partial charge in [0.25, 0.3) is 0 Å². The predicted molar refractivity (Wildman–Crippen MR) is 89.4 cm³/mol. The van der Waals surface area contributed by atoms with Gasteiger partial charge in [0.2, 0.25) is 0 Å². The largest absolute Gasteiger partial charge is 0.449 e. The van der Waals surface area contributed by atoms with Gasteiger partial charge in [0.05, 0.1) is 6.20 Å².